The van der Waals surface area contributed by atoms with Gasteiger partial charge in [0.25, 0.3) is 0 Å². The number of carboxylic acid groups (broad SMARTS) is 1. The van der Waals surface area contributed by atoms with Gasteiger partial charge in [-0.1, -0.05) is 12.1 Å². The van der Waals surface area contributed by atoms with Gasteiger partial charge in [-0.2, -0.15) is 28.2 Å². The molecule has 0 atom stereocenters. The number of aromatic nitrogens is 4. The number of rotatable bonds is 4. The molecule has 1 aromatic carbocycles. The van der Waals surface area contributed by atoms with Crippen LogP contribution in [-0.4, -0.2) is 43.1 Å². The van der Waals surface area contributed by atoms with Crippen LogP contribution in [0.5, 0.6) is 0 Å². The SMILES string of the molecule is Nc1nc(CNC(=O)Cn2nc3ccccc3n2)cs1.O=C(O)C(F)(F)F. The van der Waals surface area contributed by atoms with Crippen molar-refractivity contribution in [1.29, 1.82) is 0 Å². The first-order chi connectivity index (χ1) is 12.6. The van der Waals surface area contributed by atoms with Crippen molar-refractivity contribution in [2.24, 2.45) is 0 Å². The molecule has 0 radical (unpaired) electrons. The number of halogens is 3. The molecule has 1 amide bonds. The fourth-order valence-corrected chi connectivity index (χ4v) is 2.32. The fourth-order valence-electron chi connectivity index (χ4n) is 1.75. The number of aliphatic carboxylic acids is 1. The van der Waals surface area contributed by atoms with Crippen LogP contribution in [0, 0.1) is 0 Å². The quantitative estimate of drug-likeness (QED) is 0.600. The predicted molar refractivity (Wildman–Crippen MR) is 89.6 cm³/mol. The number of carboxylic acids is 1. The molecule has 9 nitrogen and oxygen atoms in total. The van der Waals surface area contributed by atoms with E-state index in [-0.39, 0.29) is 12.5 Å². The van der Waals surface area contributed by atoms with Gasteiger partial charge < -0.3 is 16.2 Å². The number of nitrogen functional groups attached to an aromatic ring is 1. The first kappa shape index (κ1) is 20.1. The van der Waals surface area contributed by atoms with Gasteiger partial charge in [0.05, 0.1) is 12.2 Å². The lowest BCUT2D eigenvalue weighted by atomic mass is 10.3. The largest absolute Gasteiger partial charge is 0.490 e. The molecule has 0 aliphatic heterocycles. The number of nitrogens with zero attached hydrogens (tertiary/aromatic N) is 4. The normalized spacial score (nSPS) is 10.9. The summed E-state index contributed by atoms with van der Waals surface area (Å²) in [6.07, 6.45) is -5.08. The van der Waals surface area contributed by atoms with Crippen LogP contribution in [0.1, 0.15) is 5.69 Å². The summed E-state index contributed by atoms with van der Waals surface area (Å²) < 4.78 is 31.7. The number of thiazole rings is 1. The van der Waals surface area contributed by atoms with E-state index in [2.05, 4.69) is 20.5 Å². The Labute approximate surface area is 153 Å². The van der Waals surface area contributed by atoms with Crippen molar-refractivity contribution in [3.05, 3.63) is 35.3 Å². The van der Waals surface area contributed by atoms with Crippen molar-refractivity contribution in [3.8, 4) is 0 Å². The third-order valence-electron chi connectivity index (χ3n) is 2.89. The molecule has 0 bridgehead atoms. The second kappa shape index (κ2) is 8.44. The van der Waals surface area contributed by atoms with Crippen LogP contribution in [0.15, 0.2) is 29.6 Å². The Hall–Kier alpha value is -3.22. The van der Waals surface area contributed by atoms with Crippen LogP contribution < -0.4 is 11.1 Å². The minimum atomic E-state index is -5.08. The minimum Gasteiger partial charge on any atom is -0.475 e. The van der Waals surface area contributed by atoms with Crippen molar-refractivity contribution in [2.45, 2.75) is 19.3 Å². The number of fused-ring (bicyclic) bond motifs is 1. The van der Waals surface area contributed by atoms with Gasteiger partial charge in [-0.25, -0.2) is 9.78 Å². The maximum atomic E-state index is 11.8. The standard InChI is InChI=1S/C12H12N6OS.C2HF3O2/c13-12-15-8(7-20-12)5-14-11(19)6-18-16-9-3-1-2-4-10(9)17-18;3-2(4,5)1(6)7/h1-4,7H,5-6H2,(H2,13,15)(H,14,19);(H,6,7). The number of amides is 1. The Morgan fingerprint density at radius 3 is 2.22 bits per heavy atom. The average molecular weight is 402 g/mol. The monoisotopic (exact) mass is 402 g/mol. The first-order valence-corrected chi connectivity index (χ1v) is 8.09. The smallest absolute Gasteiger partial charge is 0.475 e. The van der Waals surface area contributed by atoms with Crippen molar-refractivity contribution in [3.63, 3.8) is 0 Å². The molecule has 4 N–H and O–H groups in total. The van der Waals surface area contributed by atoms with Gasteiger partial charge in [0.15, 0.2) is 5.13 Å². The van der Waals surface area contributed by atoms with E-state index in [1.165, 1.54) is 16.1 Å². The van der Waals surface area contributed by atoms with E-state index in [1.54, 1.807) is 0 Å². The average Bonchev–Trinajstić information content (AvgIpc) is 3.17. The molecule has 0 aliphatic carbocycles. The first-order valence-electron chi connectivity index (χ1n) is 7.21. The van der Waals surface area contributed by atoms with Crippen molar-refractivity contribution in [2.75, 3.05) is 5.73 Å². The van der Waals surface area contributed by atoms with Crippen molar-refractivity contribution >= 4 is 39.4 Å². The summed E-state index contributed by atoms with van der Waals surface area (Å²) in [5, 5.41) is 20.6. The van der Waals surface area contributed by atoms with Crippen LogP contribution in [0.2, 0.25) is 0 Å². The van der Waals surface area contributed by atoms with E-state index in [4.69, 9.17) is 15.6 Å². The van der Waals surface area contributed by atoms with Gasteiger partial charge >= 0.3 is 12.1 Å². The number of alkyl halides is 3. The fraction of sp³-hybridized carbons (Fsp3) is 0.214. The number of hydrogen-bond donors (Lipinski definition) is 3. The highest BCUT2D eigenvalue weighted by molar-refractivity contribution is 7.13. The van der Waals surface area contributed by atoms with Gasteiger partial charge in [-0.3, -0.25) is 4.79 Å². The van der Waals surface area contributed by atoms with E-state index >= 15 is 0 Å². The highest BCUT2D eigenvalue weighted by Crippen LogP contribution is 2.13. The lowest BCUT2D eigenvalue weighted by molar-refractivity contribution is -0.192. The Kier molecular flexibility index (Phi) is 6.28. The molecule has 3 rings (SSSR count). The Morgan fingerprint density at radius 1 is 1.22 bits per heavy atom. The second-order valence-electron chi connectivity index (χ2n) is 4.98. The number of anilines is 1. The van der Waals surface area contributed by atoms with Gasteiger partial charge in [0.1, 0.15) is 17.6 Å². The van der Waals surface area contributed by atoms with E-state index in [0.29, 0.717) is 11.7 Å². The zero-order valence-corrected chi connectivity index (χ0v) is 14.3. The Morgan fingerprint density at radius 2 is 1.78 bits per heavy atom. The summed E-state index contributed by atoms with van der Waals surface area (Å²) in [5.74, 6) is -2.93. The zero-order valence-electron chi connectivity index (χ0n) is 13.5. The molecule has 3 aromatic rings. The number of benzene rings is 1. The molecule has 2 heterocycles. The number of nitrogens with one attached hydrogen (secondary N) is 1. The topological polar surface area (TPSA) is 136 Å². The van der Waals surface area contributed by atoms with E-state index in [0.717, 1.165) is 16.7 Å². The molecule has 0 fully saturated rings. The summed E-state index contributed by atoms with van der Waals surface area (Å²) >= 11 is 1.35. The van der Waals surface area contributed by atoms with E-state index in [9.17, 15) is 18.0 Å². The second-order valence-corrected chi connectivity index (χ2v) is 5.87. The molecule has 2 aromatic heterocycles. The van der Waals surface area contributed by atoms with Gasteiger partial charge in [-0.05, 0) is 12.1 Å². The van der Waals surface area contributed by atoms with Gasteiger partial charge in [0, 0.05) is 5.38 Å². The molecule has 0 unspecified atom stereocenters. The van der Waals surface area contributed by atoms with Crippen LogP contribution in [0.25, 0.3) is 11.0 Å². The molecule has 0 saturated carbocycles. The summed E-state index contributed by atoms with van der Waals surface area (Å²) in [7, 11) is 0. The van der Waals surface area contributed by atoms with E-state index < -0.39 is 12.1 Å². The summed E-state index contributed by atoms with van der Waals surface area (Å²) in [5.41, 5.74) is 7.81. The molecule has 0 saturated heterocycles. The third kappa shape index (κ3) is 6.22. The van der Waals surface area contributed by atoms with Crippen LogP contribution in [0.4, 0.5) is 18.3 Å². The maximum absolute atomic E-state index is 11.8. The Balaban J connectivity index is 0.000000321. The molecule has 27 heavy (non-hydrogen) atoms. The molecule has 0 aliphatic rings. The molecule has 0 spiro atoms. The zero-order chi connectivity index (χ0) is 20.0. The summed E-state index contributed by atoms with van der Waals surface area (Å²) in [6.45, 7) is 0.432. The van der Waals surface area contributed by atoms with Crippen LogP contribution >= 0.6 is 11.3 Å². The molecular formula is C14H13F3N6O3S. The number of nitrogens with two attached hydrogens (primary N) is 1. The number of carbonyl (C=O) groups is 2. The van der Waals surface area contributed by atoms with Crippen molar-refractivity contribution in [1.82, 2.24) is 25.3 Å². The Bertz CT molecular complexity index is 906. The molecule has 144 valence electrons. The summed E-state index contributed by atoms with van der Waals surface area (Å²) in [6, 6.07) is 7.48. The third-order valence-corrected chi connectivity index (χ3v) is 3.61. The van der Waals surface area contributed by atoms with E-state index in [1.807, 2.05) is 29.6 Å². The van der Waals surface area contributed by atoms with Crippen LogP contribution in [0.3, 0.4) is 0 Å². The molecular weight excluding hydrogens is 389 g/mol. The van der Waals surface area contributed by atoms with Gasteiger partial charge in [0.2, 0.25) is 5.91 Å². The minimum absolute atomic E-state index is 0.0777. The predicted octanol–water partition coefficient (Wildman–Crippen LogP) is 1.42. The highest BCUT2D eigenvalue weighted by Gasteiger charge is 2.38. The summed E-state index contributed by atoms with van der Waals surface area (Å²) in [4.78, 5) is 26.1. The molecule has 13 heteroatoms. The highest BCUT2D eigenvalue weighted by atomic mass is 32.1. The maximum Gasteiger partial charge on any atom is 0.490 e. The number of carbonyl (C=O) groups excluding carboxylic acids is 1. The lowest BCUT2D eigenvalue weighted by Gasteiger charge is -2.02. The van der Waals surface area contributed by atoms with Gasteiger partial charge in [-0.15, -0.1) is 11.3 Å². The number of hydrogen-bond acceptors (Lipinski definition) is 7. The lowest BCUT2D eigenvalue weighted by Crippen LogP contribution is -2.28. The van der Waals surface area contributed by atoms with Crippen molar-refractivity contribution < 1.29 is 27.9 Å². The van der Waals surface area contributed by atoms with Crippen LogP contribution in [-0.2, 0) is 22.7 Å².